The quantitative estimate of drug-likeness (QED) is 0.526. The van der Waals surface area contributed by atoms with Crippen molar-refractivity contribution < 1.29 is 13.9 Å². The number of aromatic nitrogens is 2. The molecule has 8 nitrogen and oxygen atoms in total. The van der Waals surface area contributed by atoms with Crippen LogP contribution in [0.1, 0.15) is 36.9 Å². The van der Waals surface area contributed by atoms with Crippen LogP contribution >= 0.6 is 23.2 Å². The molecule has 2 atom stereocenters. The fourth-order valence-corrected chi connectivity index (χ4v) is 5.79. The van der Waals surface area contributed by atoms with Gasteiger partial charge in [0.1, 0.15) is 11.2 Å². The van der Waals surface area contributed by atoms with Crippen molar-refractivity contribution in [3.63, 3.8) is 0 Å². The van der Waals surface area contributed by atoms with Gasteiger partial charge in [-0.2, -0.15) is 4.98 Å². The lowest BCUT2D eigenvalue weighted by atomic mass is 9.93. The number of nitrogens with zero attached hydrogens (tertiary/aromatic N) is 4. The maximum atomic E-state index is 13.6. The van der Waals surface area contributed by atoms with Gasteiger partial charge in [0.05, 0.1) is 31.6 Å². The van der Waals surface area contributed by atoms with Crippen molar-refractivity contribution in [2.75, 3.05) is 43.0 Å². The number of halogens is 2. The summed E-state index contributed by atoms with van der Waals surface area (Å²) < 4.78 is 12.0. The molecule has 0 unspecified atom stereocenters. The van der Waals surface area contributed by atoms with Crippen LogP contribution in [0.2, 0.25) is 10.0 Å². The Morgan fingerprint density at radius 1 is 1.23 bits per heavy atom. The number of carbonyl (C=O) groups is 1. The molecule has 1 aromatic carbocycles. The molecule has 1 amide bonds. The average Bonchev–Trinajstić information content (AvgIpc) is 3.58. The highest BCUT2D eigenvalue weighted by Crippen LogP contribution is 2.38. The third-order valence-electron chi connectivity index (χ3n) is 7.17. The zero-order valence-corrected chi connectivity index (χ0v) is 21.0. The van der Waals surface area contributed by atoms with Crippen LogP contribution in [0.25, 0.3) is 11.1 Å². The minimum Gasteiger partial charge on any atom is -0.421 e. The molecule has 3 aromatic rings. The van der Waals surface area contributed by atoms with Crippen molar-refractivity contribution in [3.8, 4) is 0 Å². The molecular weight excluding hydrogens is 489 g/mol. The van der Waals surface area contributed by atoms with Crippen molar-refractivity contribution >= 4 is 51.9 Å². The van der Waals surface area contributed by atoms with Gasteiger partial charge in [-0.25, -0.2) is 0 Å². The minimum absolute atomic E-state index is 0.0386. The summed E-state index contributed by atoms with van der Waals surface area (Å²) in [6, 6.07) is 4.04. The summed E-state index contributed by atoms with van der Waals surface area (Å²) in [7, 11) is 0. The Morgan fingerprint density at radius 2 is 2.09 bits per heavy atom. The normalized spacial score (nSPS) is 22.4. The SMILES string of the molecule is C[C@H]1c2c(Cl)cc(Cl)cc2CCN1C(=O)[C@H]1CN(c2cncc3nc(NCC4CC4)oc23)CCO1. The van der Waals surface area contributed by atoms with E-state index in [4.69, 9.17) is 32.4 Å². The third-order valence-corrected chi connectivity index (χ3v) is 7.70. The number of benzene rings is 1. The predicted octanol–water partition coefficient (Wildman–Crippen LogP) is 4.70. The number of hydrogen-bond donors (Lipinski definition) is 1. The van der Waals surface area contributed by atoms with Gasteiger partial charge < -0.3 is 24.3 Å². The monoisotopic (exact) mass is 515 g/mol. The van der Waals surface area contributed by atoms with Crippen LogP contribution in [0.4, 0.5) is 11.7 Å². The second-order valence-corrected chi connectivity index (χ2v) is 10.4. The number of rotatable bonds is 5. The minimum atomic E-state index is -0.593. The number of fused-ring (bicyclic) bond motifs is 2. The lowest BCUT2D eigenvalue weighted by molar-refractivity contribution is -0.147. The van der Waals surface area contributed by atoms with Gasteiger partial charge in [-0.1, -0.05) is 23.2 Å². The fourth-order valence-electron chi connectivity index (χ4n) is 5.10. The van der Waals surface area contributed by atoms with Crippen LogP contribution in [-0.4, -0.2) is 59.7 Å². The third kappa shape index (κ3) is 4.43. The van der Waals surface area contributed by atoms with Crippen molar-refractivity contribution in [2.45, 2.75) is 38.3 Å². The first-order chi connectivity index (χ1) is 17.0. The highest BCUT2D eigenvalue weighted by Gasteiger charge is 2.36. The van der Waals surface area contributed by atoms with E-state index in [1.54, 1.807) is 18.5 Å². The van der Waals surface area contributed by atoms with Crippen LogP contribution in [0.5, 0.6) is 0 Å². The number of carbonyl (C=O) groups excluding carboxylic acids is 1. The largest absolute Gasteiger partial charge is 0.421 e. The van der Waals surface area contributed by atoms with Crippen molar-refractivity contribution in [2.24, 2.45) is 5.92 Å². The summed E-state index contributed by atoms with van der Waals surface area (Å²) in [5.41, 5.74) is 4.26. The van der Waals surface area contributed by atoms with Gasteiger partial charge >= 0.3 is 0 Å². The van der Waals surface area contributed by atoms with Gasteiger partial charge in [0.25, 0.3) is 11.9 Å². The molecule has 2 aromatic heterocycles. The molecule has 2 fully saturated rings. The van der Waals surface area contributed by atoms with E-state index in [1.807, 2.05) is 17.9 Å². The molecule has 6 rings (SSSR count). The molecule has 35 heavy (non-hydrogen) atoms. The van der Waals surface area contributed by atoms with Crippen LogP contribution < -0.4 is 10.2 Å². The summed E-state index contributed by atoms with van der Waals surface area (Å²) in [5, 5.41) is 4.50. The molecule has 1 N–H and O–H groups in total. The van der Waals surface area contributed by atoms with Crippen LogP contribution in [-0.2, 0) is 16.0 Å². The zero-order chi connectivity index (χ0) is 24.1. The molecule has 3 aliphatic rings. The van der Waals surface area contributed by atoms with Gasteiger partial charge in [0.2, 0.25) is 0 Å². The standard InChI is InChI=1S/C25H27Cl2N5O3/c1-14-22-16(8-17(26)9-18(22)27)4-5-32(14)24(33)21-13-31(6-7-34-21)20-12-28-11-19-23(20)35-25(30-19)29-10-15-2-3-15/h8-9,11-12,14-15,21H,2-7,10,13H2,1H3,(H,29,30)/t14-,21+/m0/s1. The first kappa shape index (κ1) is 22.9. The van der Waals surface area contributed by atoms with E-state index < -0.39 is 6.10 Å². The van der Waals surface area contributed by atoms with E-state index in [2.05, 4.69) is 20.2 Å². The lowest BCUT2D eigenvalue weighted by Gasteiger charge is -2.40. The van der Waals surface area contributed by atoms with E-state index in [0.717, 1.165) is 23.4 Å². The number of anilines is 2. The number of morpholine rings is 1. The molecule has 1 saturated heterocycles. The van der Waals surface area contributed by atoms with Crippen LogP contribution in [0, 0.1) is 5.92 Å². The number of amides is 1. The van der Waals surface area contributed by atoms with Gasteiger partial charge in [-0.05, 0) is 55.4 Å². The molecule has 4 heterocycles. The van der Waals surface area contributed by atoms with E-state index in [1.165, 1.54) is 12.8 Å². The Labute approximate surface area is 213 Å². The number of oxazole rings is 1. The number of ether oxygens (including phenoxy) is 1. The summed E-state index contributed by atoms with van der Waals surface area (Å²) in [6.07, 6.45) is 6.10. The predicted molar refractivity (Wildman–Crippen MR) is 135 cm³/mol. The topological polar surface area (TPSA) is 83.7 Å². The lowest BCUT2D eigenvalue weighted by Crippen LogP contribution is -2.53. The molecule has 184 valence electrons. The maximum Gasteiger partial charge on any atom is 0.295 e. The molecule has 10 heteroatoms. The number of pyridine rings is 1. The van der Waals surface area contributed by atoms with E-state index in [9.17, 15) is 4.79 Å². The first-order valence-corrected chi connectivity index (χ1v) is 12.9. The molecule has 0 spiro atoms. The molecule has 0 bridgehead atoms. The molecule has 0 radical (unpaired) electrons. The number of hydrogen-bond acceptors (Lipinski definition) is 7. The second-order valence-electron chi connectivity index (χ2n) is 9.57. The average molecular weight is 516 g/mol. The first-order valence-electron chi connectivity index (χ1n) is 12.1. The van der Waals surface area contributed by atoms with Crippen LogP contribution in [0.15, 0.2) is 28.9 Å². The van der Waals surface area contributed by atoms with E-state index in [0.29, 0.717) is 65.7 Å². The second kappa shape index (κ2) is 9.15. The summed E-state index contributed by atoms with van der Waals surface area (Å²) in [5.74, 6) is 0.674. The number of nitrogens with one attached hydrogen (secondary N) is 1. The van der Waals surface area contributed by atoms with Crippen molar-refractivity contribution in [1.82, 2.24) is 14.9 Å². The van der Waals surface area contributed by atoms with Gasteiger partial charge in [0.15, 0.2) is 11.7 Å². The summed E-state index contributed by atoms with van der Waals surface area (Å²) in [4.78, 5) is 26.5. The smallest absolute Gasteiger partial charge is 0.295 e. The van der Waals surface area contributed by atoms with Crippen LogP contribution in [0.3, 0.4) is 0 Å². The molecule has 1 aliphatic carbocycles. The van der Waals surface area contributed by atoms with Gasteiger partial charge in [-0.3, -0.25) is 9.78 Å². The zero-order valence-electron chi connectivity index (χ0n) is 19.5. The molecule has 1 saturated carbocycles. The fraction of sp³-hybridized carbons (Fsp3) is 0.480. The van der Waals surface area contributed by atoms with Crippen molar-refractivity contribution in [3.05, 3.63) is 45.7 Å². The Morgan fingerprint density at radius 3 is 2.91 bits per heavy atom. The Balaban J connectivity index is 1.20. The van der Waals surface area contributed by atoms with Gasteiger partial charge in [-0.15, -0.1) is 0 Å². The summed E-state index contributed by atoms with van der Waals surface area (Å²) >= 11 is 12.7. The summed E-state index contributed by atoms with van der Waals surface area (Å²) in [6.45, 7) is 4.96. The van der Waals surface area contributed by atoms with E-state index >= 15 is 0 Å². The highest BCUT2D eigenvalue weighted by molar-refractivity contribution is 6.35. The van der Waals surface area contributed by atoms with Crippen molar-refractivity contribution in [1.29, 1.82) is 0 Å². The highest BCUT2D eigenvalue weighted by atomic mass is 35.5. The van der Waals surface area contributed by atoms with Gasteiger partial charge in [0, 0.05) is 29.7 Å². The van der Waals surface area contributed by atoms with E-state index in [-0.39, 0.29) is 11.9 Å². The Kier molecular flexibility index (Phi) is 5.98. The Bertz CT molecular complexity index is 1280. The molecule has 2 aliphatic heterocycles. The molecular formula is C25H27Cl2N5O3. The Hall–Kier alpha value is -2.55. The maximum absolute atomic E-state index is 13.6.